The van der Waals surface area contributed by atoms with E-state index in [2.05, 4.69) is 15.3 Å². The van der Waals surface area contributed by atoms with E-state index < -0.39 is 47.0 Å². The number of nitrogens with one attached hydrogen (secondary N) is 1. The first-order chi connectivity index (χ1) is 15.6. The van der Waals surface area contributed by atoms with Crippen LogP contribution >= 0.6 is 0 Å². The molecule has 0 bridgehead atoms. The number of carbonyl (C=O) groups is 1. The number of halogens is 5. The van der Waals surface area contributed by atoms with Crippen LogP contribution in [0.25, 0.3) is 17.3 Å². The minimum Gasteiger partial charge on any atom is -0.392 e. The molecule has 2 aromatic carbocycles. The van der Waals surface area contributed by atoms with Gasteiger partial charge in [-0.05, 0) is 25.5 Å². The van der Waals surface area contributed by atoms with E-state index in [1.165, 1.54) is 6.20 Å². The van der Waals surface area contributed by atoms with Gasteiger partial charge in [0.15, 0.2) is 29.1 Å². The number of hydrogen-bond acceptors (Lipinski definition) is 4. The maximum absolute atomic E-state index is 13.9. The second-order valence-corrected chi connectivity index (χ2v) is 7.34. The highest BCUT2D eigenvalue weighted by molar-refractivity contribution is 5.93. The van der Waals surface area contributed by atoms with Crippen LogP contribution in [0.4, 0.5) is 27.8 Å². The Morgan fingerprint density at radius 3 is 2.09 bits per heavy atom. The molecule has 10 heteroatoms. The van der Waals surface area contributed by atoms with Gasteiger partial charge in [-0.15, -0.1) is 0 Å². The SMILES string of the molecule is CC(C)=Cc1nc(-c2ccc(CO)cc2)cnc1NC(=O)Cc1c(F)c(F)c(F)c(F)c1F. The molecular weight excluding hydrogens is 445 g/mol. The molecule has 172 valence electrons. The minimum absolute atomic E-state index is 0.0548. The molecule has 0 aliphatic carbocycles. The predicted octanol–water partition coefficient (Wildman–Crippen LogP) is 4.94. The van der Waals surface area contributed by atoms with E-state index in [9.17, 15) is 26.7 Å². The van der Waals surface area contributed by atoms with E-state index >= 15 is 0 Å². The number of anilines is 1. The molecule has 0 fully saturated rings. The Labute approximate surface area is 185 Å². The topological polar surface area (TPSA) is 75.1 Å². The van der Waals surface area contributed by atoms with Crippen LogP contribution in [-0.4, -0.2) is 21.0 Å². The van der Waals surface area contributed by atoms with E-state index in [1.54, 1.807) is 44.2 Å². The maximum atomic E-state index is 13.9. The van der Waals surface area contributed by atoms with Gasteiger partial charge in [0.2, 0.25) is 11.7 Å². The molecule has 0 radical (unpaired) electrons. The van der Waals surface area contributed by atoms with Gasteiger partial charge in [0.25, 0.3) is 0 Å². The molecule has 0 unspecified atom stereocenters. The first kappa shape index (κ1) is 24.0. The second-order valence-electron chi connectivity index (χ2n) is 7.34. The highest BCUT2D eigenvalue weighted by Crippen LogP contribution is 2.25. The second kappa shape index (κ2) is 9.86. The Balaban J connectivity index is 1.91. The molecule has 0 aliphatic heterocycles. The van der Waals surface area contributed by atoms with E-state index in [0.717, 1.165) is 5.57 Å². The number of hydrogen-bond donors (Lipinski definition) is 2. The van der Waals surface area contributed by atoms with Gasteiger partial charge in [-0.2, -0.15) is 0 Å². The minimum atomic E-state index is -2.30. The van der Waals surface area contributed by atoms with E-state index in [-0.39, 0.29) is 18.1 Å². The largest absolute Gasteiger partial charge is 0.392 e. The van der Waals surface area contributed by atoms with Crippen LogP contribution in [0, 0.1) is 29.1 Å². The molecule has 0 spiro atoms. The predicted molar refractivity (Wildman–Crippen MR) is 111 cm³/mol. The molecule has 0 atom stereocenters. The van der Waals surface area contributed by atoms with Gasteiger partial charge in [-0.25, -0.2) is 31.9 Å². The summed E-state index contributed by atoms with van der Waals surface area (Å²) in [7, 11) is 0. The molecule has 3 aromatic rings. The van der Waals surface area contributed by atoms with Gasteiger partial charge in [-0.1, -0.05) is 29.8 Å². The van der Waals surface area contributed by atoms with Crippen LogP contribution in [0.3, 0.4) is 0 Å². The normalized spacial score (nSPS) is 10.8. The first-order valence-corrected chi connectivity index (χ1v) is 9.64. The van der Waals surface area contributed by atoms with Crippen LogP contribution in [0.2, 0.25) is 0 Å². The maximum Gasteiger partial charge on any atom is 0.230 e. The van der Waals surface area contributed by atoms with Gasteiger partial charge >= 0.3 is 0 Å². The van der Waals surface area contributed by atoms with Crippen LogP contribution in [0.5, 0.6) is 0 Å². The monoisotopic (exact) mass is 463 g/mol. The fraction of sp³-hybridized carbons (Fsp3) is 0.174. The summed E-state index contributed by atoms with van der Waals surface area (Å²) in [6.45, 7) is 3.42. The average molecular weight is 463 g/mol. The number of aromatic nitrogens is 2. The van der Waals surface area contributed by atoms with Gasteiger partial charge in [0.05, 0.1) is 24.9 Å². The van der Waals surface area contributed by atoms with Crippen LogP contribution < -0.4 is 5.32 Å². The van der Waals surface area contributed by atoms with Crippen molar-refractivity contribution in [2.45, 2.75) is 26.9 Å². The molecule has 1 aromatic heterocycles. The first-order valence-electron chi connectivity index (χ1n) is 9.64. The lowest BCUT2D eigenvalue weighted by Crippen LogP contribution is -2.20. The third kappa shape index (κ3) is 5.23. The summed E-state index contributed by atoms with van der Waals surface area (Å²) < 4.78 is 67.8. The van der Waals surface area contributed by atoms with Crippen molar-refractivity contribution in [3.63, 3.8) is 0 Å². The van der Waals surface area contributed by atoms with Crippen molar-refractivity contribution in [1.29, 1.82) is 0 Å². The highest BCUT2D eigenvalue weighted by Gasteiger charge is 2.27. The Bertz CT molecular complexity index is 1210. The smallest absolute Gasteiger partial charge is 0.230 e. The summed E-state index contributed by atoms with van der Waals surface area (Å²) in [5, 5.41) is 11.5. The third-order valence-corrected chi connectivity index (χ3v) is 4.55. The summed E-state index contributed by atoms with van der Waals surface area (Å²) in [6, 6.07) is 6.86. The molecule has 1 heterocycles. The number of benzene rings is 2. The zero-order valence-corrected chi connectivity index (χ0v) is 17.5. The lowest BCUT2D eigenvalue weighted by molar-refractivity contribution is -0.115. The Hall–Kier alpha value is -3.66. The zero-order chi connectivity index (χ0) is 24.3. The van der Waals surface area contributed by atoms with Crippen molar-refractivity contribution in [2.75, 3.05) is 5.32 Å². The molecule has 0 saturated carbocycles. The molecular formula is C23H18F5N3O2. The lowest BCUT2D eigenvalue weighted by Gasteiger charge is -2.11. The number of carbonyl (C=O) groups excluding carboxylic acids is 1. The quantitative estimate of drug-likeness (QED) is 0.309. The zero-order valence-electron chi connectivity index (χ0n) is 17.5. The van der Waals surface area contributed by atoms with Crippen molar-refractivity contribution < 1.29 is 31.9 Å². The number of allylic oxidation sites excluding steroid dienone is 1. The number of aliphatic hydroxyl groups is 1. The molecule has 33 heavy (non-hydrogen) atoms. The van der Waals surface area contributed by atoms with Gasteiger partial charge < -0.3 is 10.4 Å². The van der Waals surface area contributed by atoms with E-state index in [0.29, 0.717) is 16.8 Å². The lowest BCUT2D eigenvalue weighted by atomic mass is 10.1. The van der Waals surface area contributed by atoms with Gasteiger partial charge in [0.1, 0.15) is 5.69 Å². The summed E-state index contributed by atoms with van der Waals surface area (Å²) in [4.78, 5) is 20.9. The fourth-order valence-corrected chi connectivity index (χ4v) is 2.94. The van der Waals surface area contributed by atoms with E-state index in [4.69, 9.17) is 5.11 Å². The van der Waals surface area contributed by atoms with Crippen molar-refractivity contribution >= 4 is 17.8 Å². The Morgan fingerprint density at radius 2 is 1.55 bits per heavy atom. The van der Waals surface area contributed by atoms with Crippen molar-refractivity contribution in [2.24, 2.45) is 0 Å². The van der Waals surface area contributed by atoms with Gasteiger partial charge in [-0.3, -0.25) is 4.79 Å². The Morgan fingerprint density at radius 1 is 0.970 bits per heavy atom. The average Bonchev–Trinajstić information content (AvgIpc) is 2.80. The number of rotatable bonds is 6. The van der Waals surface area contributed by atoms with Crippen molar-refractivity contribution in [3.05, 3.63) is 81.9 Å². The summed E-state index contributed by atoms with van der Waals surface area (Å²) >= 11 is 0. The number of amides is 1. The van der Waals surface area contributed by atoms with Crippen LogP contribution in [0.15, 0.2) is 36.0 Å². The van der Waals surface area contributed by atoms with Crippen LogP contribution in [-0.2, 0) is 17.8 Å². The molecule has 5 nitrogen and oxygen atoms in total. The summed E-state index contributed by atoms with van der Waals surface area (Å²) in [6.07, 6.45) is 1.85. The molecule has 1 amide bonds. The summed E-state index contributed by atoms with van der Waals surface area (Å²) in [5.41, 5.74) is 1.61. The number of nitrogens with zero attached hydrogens (tertiary/aromatic N) is 2. The van der Waals surface area contributed by atoms with Crippen molar-refractivity contribution in [3.8, 4) is 11.3 Å². The van der Waals surface area contributed by atoms with Crippen LogP contribution in [0.1, 0.15) is 30.7 Å². The highest BCUT2D eigenvalue weighted by atomic mass is 19.2. The molecule has 0 aliphatic rings. The Kier molecular flexibility index (Phi) is 7.17. The molecule has 2 N–H and O–H groups in total. The van der Waals surface area contributed by atoms with E-state index in [1.807, 2.05) is 0 Å². The molecule has 3 rings (SSSR count). The van der Waals surface area contributed by atoms with Crippen molar-refractivity contribution in [1.82, 2.24) is 9.97 Å². The standard InChI is InChI=1S/C23H18F5N3O2/c1-11(2)7-15-23(29-9-16(30-15)13-5-3-12(10-32)4-6-13)31-17(33)8-14-18(24)20(26)22(28)21(27)19(14)25/h3-7,9,32H,8,10H2,1-2H3,(H,29,31,33). The van der Waals surface area contributed by atoms with Gasteiger partial charge in [0, 0.05) is 11.1 Å². The summed E-state index contributed by atoms with van der Waals surface area (Å²) in [5.74, 6) is -11.8. The third-order valence-electron chi connectivity index (χ3n) is 4.55. The molecule has 0 saturated heterocycles. The fourth-order valence-electron chi connectivity index (χ4n) is 2.94. The number of aliphatic hydroxyl groups excluding tert-OH is 1.